The molecule has 5 rings (SSSR count). The van der Waals surface area contributed by atoms with Crippen molar-refractivity contribution in [2.75, 3.05) is 24.5 Å². The summed E-state index contributed by atoms with van der Waals surface area (Å²) in [4.78, 5) is 11.2. The Balaban J connectivity index is 1.71. The second kappa shape index (κ2) is 7.25. The molecule has 1 aromatic carbocycles. The molecule has 1 fully saturated rings. The van der Waals surface area contributed by atoms with Crippen molar-refractivity contribution >= 4 is 11.5 Å². The van der Waals surface area contributed by atoms with Crippen LogP contribution in [0.2, 0.25) is 0 Å². The van der Waals surface area contributed by atoms with Gasteiger partial charge in [-0.25, -0.2) is 13.9 Å². The average molecular weight is 388 g/mol. The van der Waals surface area contributed by atoms with E-state index in [1.165, 1.54) is 12.1 Å². The Morgan fingerprint density at radius 3 is 2.72 bits per heavy atom. The molecule has 1 unspecified atom stereocenters. The smallest absolute Gasteiger partial charge is 0.155 e. The number of pyridine rings is 1. The molecule has 1 atom stereocenters. The third kappa shape index (κ3) is 3.34. The van der Waals surface area contributed by atoms with Crippen LogP contribution in [0.15, 0.2) is 60.9 Å². The van der Waals surface area contributed by atoms with Gasteiger partial charge in [0.05, 0.1) is 5.69 Å². The minimum atomic E-state index is -0.288. The number of fused-ring (bicyclic) bond motifs is 1. The van der Waals surface area contributed by atoms with Crippen LogP contribution in [-0.2, 0) is 0 Å². The summed E-state index contributed by atoms with van der Waals surface area (Å²) < 4.78 is 15.8. The van der Waals surface area contributed by atoms with Gasteiger partial charge in [0.2, 0.25) is 0 Å². The standard InChI is InChI=1S/C22H21FN6/c1-15-14-28(12-11-25-15)20-6-5-19-26-21(17-3-2-4-18(23)13-17)22(29(19)27-20)16-7-9-24-10-8-16/h2-10,13,15,25H,11-12,14H2,1H3. The maximum absolute atomic E-state index is 13.9. The topological polar surface area (TPSA) is 58.4 Å². The van der Waals surface area contributed by atoms with Crippen molar-refractivity contribution < 1.29 is 4.39 Å². The summed E-state index contributed by atoms with van der Waals surface area (Å²) in [5, 5.41) is 8.37. The summed E-state index contributed by atoms with van der Waals surface area (Å²) in [5.41, 5.74) is 3.92. The Labute approximate surface area is 168 Å². The first kappa shape index (κ1) is 17.8. The Morgan fingerprint density at radius 1 is 1.07 bits per heavy atom. The Kier molecular flexibility index (Phi) is 4.44. The van der Waals surface area contributed by atoms with E-state index in [4.69, 9.17) is 10.1 Å². The first-order valence-corrected chi connectivity index (χ1v) is 9.73. The fourth-order valence-corrected chi connectivity index (χ4v) is 3.84. The highest BCUT2D eigenvalue weighted by atomic mass is 19.1. The average Bonchev–Trinajstić information content (AvgIpc) is 3.13. The van der Waals surface area contributed by atoms with Crippen molar-refractivity contribution in [1.82, 2.24) is 24.9 Å². The van der Waals surface area contributed by atoms with Crippen LogP contribution in [0.4, 0.5) is 10.2 Å². The third-order valence-corrected chi connectivity index (χ3v) is 5.21. The maximum Gasteiger partial charge on any atom is 0.155 e. The van der Waals surface area contributed by atoms with Crippen LogP contribution in [0.25, 0.3) is 28.2 Å². The number of rotatable bonds is 3. The molecule has 1 N–H and O–H groups in total. The zero-order chi connectivity index (χ0) is 19.8. The number of piperazine rings is 1. The van der Waals surface area contributed by atoms with Gasteiger partial charge in [0.15, 0.2) is 5.65 Å². The molecule has 4 aromatic rings. The van der Waals surface area contributed by atoms with E-state index in [-0.39, 0.29) is 5.82 Å². The van der Waals surface area contributed by atoms with E-state index in [0.717, 1.165) is 47.9 Å². The van der Waals surface area contributed by atoms with E-state index in [1.807, 2.05) is 34.8 Å². The molecule has 0 bridgehead atoms. The minimum absolute atomic E-state index is 0.288. The largest absolute Gasteiger partial charge is 0.352 e. The number of hydrogen-bond donors (Lipinski definition) is 1. The van der Waals surface area contributed by atoms with Crippen molar-refractivity contribution in [1.29, 1.82) is 0 Å². The van der Waals surface area contributed by atoms with E-state index < -0.39 is 0 Å². The fourth-order valence-electron chi connectivity index (χ4n) is 3.84. The zero-order valence-corrected chi connectivity index (χ0v) is 16.1. The number of anilines is 1. The Morgan fingerprint density at radius 2 is 1.93 bits per heavy atom. The van der Waals surface area contributed by atoms with Gasteiger partial charge in [0.25, 0.3) is 0 Å². The quantitative estimate of drug-likeness (QED) is 0.583. The summed E-state index contributed by atoms with van der Waals surface area (Å²) in [7, 11) is 0. The van der Waals surface area contributed by atoms with Crippen LogP contribution in [0.3, 0.4) is 0 Å². The van der Waals surface area contributed by atoms with Crippen LogP contribution in [0.5, 0.6) is 0 Å². The van der Waals surface area contributed by atoms with Crippen LogP contribution in [-0.4, -0.2) is 45.3 Å². The lowest BCUT2D eigenvalue weighted by atomic mass is 10.1. The molecule has 0 radical (unpaired) electrons. The number of aromatic nitrogens is 4. The highest BCUT2D eigenvalue weighted by molar-refractivity contribution is 5.81. The lowest BCUT2D eigenvalue weighted by Gasteiger charge is -2.32. The molecule has 0 saturated carbocycles. The molecule has 1 saturated heterocycles. The SMILES string of the molecule is CC1CN(c2ccc3nc(-c4cccc(F)c4)c(-c4ccncc4)n3n2)CCN1. The number of hydrogen-bond acceptors (Lipinski definition) is 5. The summed E-state index contributed by atoms with van der Waals surface area (Å²) >= 11 is 0. The number of benzene rings is 1. The molecular weight excluding hydrogens is 367 g/mol. The van der Waals surface area contributed by atoms with Crippen molar-refractivity contribution in [2.45, 2.75) is 13.0 Å². The number of halogens is 1. The van der Waals surface area contributed by atoms with Crippen LogP contribution >= 0.6 is 0 Å². The highest BCUT2D eigenvalue weighted by Crippen LogP contribution is 2.33. The van der Waals surface area contributed by atoms with E-state index in [1.54, 1.807) is 18.5 Å². The molecular formula is C22H21FN6. The van der Waals surface area contributed by atoms with E-state index in [0.29, 0.717) is 11.7 Å². The summed E-state index contributed by atoms with van der Waals surface area (Å²) in [6.07, 6.45) is 3.48. The number of nitrogens with one attached hydrogen (secondary N) is 1. The molecule has 1 aliphatic heterocycles. The fraction of sp³-hybridized carbons (Fsp3) is 0.227. The summed E-state index contributed by atoms with van der Waals surface area (Å²) in [6, 6.07) is 14.8. The first-order chi connectivity index (χ1) is 14.2. The molecule has 146 valence electrons. The van der Waals surface area contributed by atoms with Gasteiger partial charge in [-0.15, -0.1) is 5.10 Å². The lowest BCUT2D eigenvalue weighted by Crippen LogP contribution is -2.49. The highest BCUT2D eigenvalue weighted by Gasteiger charge is 2.21. The van der Waals surface area contributed by atoms with Crippen molar-refractivity contribution in [2.24, 2.45) is 0 Å². The Bertz CT molecular complexity index is 1160. The van der Waals surface area contributed by atoms with Gasteiger partial charge < -0.3 is 10.2 Å². The second-order valence-electron chi connectivity index (χ2n) is 7.32. The maximum atomic E-state index is 13.9. The van der Waals surface area contributed by atoms with Crippen molar-refractivity contribution in [3.63, 3.8) is 0 Å². The van der Waals surface area contributed by atoms with E-state index in [2.05, 4.69) is 22.1 Å². The van der Waals surface area contributed by atoms with Crippen molar-refractivity contribution in [3.05, 3.63) is 66.7 Å². The minimum Gasteiger partial charge on any atom is -0.352 e. The zero-order valence-electron chi connectivity index (χ0n) is 16.1. The van der Waals surface area contributed by atoms with Gasteiger partial charge in [0, 0.05) is 49.2 Å². The first-order valence-electron chi connectivity index (χ1n) is 9.73. The van der Waals surface area contributed by atoms with Gasteiger partial charge in [-0.2, -0.15) is 0 Å². The third-order valence-electron chi connectivity index (χ3n) is 5.21. The molecule has 6 nitrogen and oxygen atoms in total. The molecule has 0 spiro atoms. The Hall–Kier alpha value is -3.32. The van der Waals surface area contributed by atoms with Gasteiger partial charge in [0.1, 0.15) is 17.3 Å². The predicted molar refractivity (Wildman–Crippen MR) is 111 cm³/mol. The number of imidazole rings is 1. The van der Waals surface area contributed by atoms with Crippen LogP contribution < -0.4 is 10.2 Å². The monoisotopic (exact) mass is 388 g/mol. The van der Waals surface area contributed by atoms with Crippen LogP contribution in [0, 0.1) is 5.82 Å². The molecule has 0 aliphatic carbocycles. The summed E-state index contributed by atoms with van der Waals surface area (Å²) in [5.74, 6) is 0.619. The molecule has 1 aliphatic rings. The second-order valence-corrected chi connectivity index (χ2v) is 7.32. The molecule has 3 aromatic heterocycles. The van der Waals surface area contributed by atoms with Gasteiger partial charge in [-0.1, -0.05) is 12.1 Å². The predicted octanol–water partition coefficient (Wildman–Crippen LogP) is 3.40. The van der Waals surface area contributed by atoms with Gasteiger partial charge in [-0.3, -0.25) is 4.98 Å². The van der Waals surface area contributed by atoms with Gasteiger partial charge >= 0.3 is 0 Å². The summed E-state index contributed by atoms with van der Waals surface area (Å²) in [6.45, 7) is 4.90. The van der Waals surface area contributed by atoms with E-state index in [9.17, 15) is 4.39 Å². The molecule has 29 heavy (non-hydrogen) atoms. The molecule has 7 heteroatoms. The van der Waals surface area contributed by atoms with Gasteiger partial charge in [-0.05, 0) is 43.3 Å². The lowest BCUT2D eigenvalue weighted by molar-refractivity contribution is 0.481. The van der Waals surface area contributed by atoms with Crippen molar-refractivity contribution in [3.8, 4) is 22.5 Å². The molecule has 0 amide bonds. The number of nitrogens with zero attached hydrogens (tertiary/aromatic N) is 5. The molecule has 4 heterocycles. The van der Waals surface area contributed by atoms with Crippen LogP contribution in [0.1, 0.15) is 6.92 Å². The normalized spacial score (nSPS) is 17.0. The van der Waals surface area contributed by atoms with E-state index >= 15 is 0 Å².